The summed E-state index contributed by atoms with van der Waals surface area (Å²) in [5, 5.41) is 2.34. The molecule has 0 radical (unpaired) electrons. The Morgan fingerprint density at radius 2 is 1.85 bits per heavy atom. The predicted molar refractivity (Wildman–Crippen MR) is 71.7 cm³/mol. The molecular weight excluding hydrogens is 283 g/mol. The van der Waals surface area contributed by atoms with E-state index in [1.54, 1.807) is 19.1 Å². The normalized spacial score (nSPS) is 11.1. The van der Waals surface area contributed by atoms with Gasteiger partial charge in [-0.2, -0.15) is 8.42 Å². The van der Waals surface area contributed by atoms with Crippen LogP contribution >= 0.6 is 0 Å². The predicted octanol–water partition coefficient (Wildman–Crippen LogP) is 2.30. The lowest BCUT2D eigenvalue weighted by molar-refractivity contribution is 0.102. The summed E-state index contributed by atoms with van der Waals surface area (Å²) < 4.78 is 35.1. The Hall–Kier alpha value is -2.28. The Morgan fingerprint density at radius 1 is 1.15 bits per heavy atom. The highest BCUT2D eigenvalue weighted by molar-refractivity contribution is 7.86. The van der Waals surface area contributed by atoms with Crippen LogP contribution in [0.3, 0.4) is 0 Å². The number of aromatic nitrogens is 1. The lowest BCUT2D eigenvalue weighted by atomic mass is 10.2. The fourth-order valence-corrected chi connectivity index (χ4v) is 2.26. The van der Waals surface area contributed by atoms with E-state index < -0.39 is 21.0 Å². The number of carbonyl (C=O) groups excluding carboxylic acids is 1. The third kappa shape index (κ3) is 3.18. The number of para-hydroxylation sites is 1. The number of rotatable bonds is 3. The van der Waals surface area contributed by atoms with Gasteiger partial charge in [-0.05, 0) is 31.2 Å². The smallest absolute Gasteiger partial charge is 0.319 e. The second kappa shape index (κ2) is 5.38. The molecule has 1 N–H and O–H groups in total. The van der Waals surface area contributed by atoms with Crippen molar-refractivity contribution in [3.63, 3.8) is 0 Å². The minimum absolute atomic E-state index is 0.121. The van der Waals surface area contributed by atoms with Crippen molar-refractivity contribution in [2.24, 2.45) is 0 Å². The Bertz CT molecular complexity index is 760. The van der Waals surface area contributed by atoms with E-state index in [2.05, 4.69) is 10.3 Å². The molecule has 0 fully saturated rings. The van der Waals surface area contributed by atoms with Crippen molar-refractivity contribution in [2.45, 2.75) is 11.8 Å². The van der Waals surface area contributed by atoms with E-state index in [0.29, 0.717) is 5.69 Å². The van der Waals surface area contributed by atoms with Gasteiger partial charge in [0.2, 0.25) is 0 Å². The average molecular weight is 294 g/mol. The largest absolute Gasteiger partial charge is 0.334 e. The number of carbonyl (C=O) groups is 1. The second-order valence-electron chi connectivity index (χ2n) is 4.05. The van der Waals surface area contributed by atoms with Crippen molar-refractivity contribution in [1.82, 2.24) is 4.98 Å². The first kappa shape index (κ1) is 14.1. The van der Waals surface area contributed by atoms with Crippen LogP contribution < -0.4 is 5.32 Å². The Labute approximate surface area is 115 Å². The molecule has 0 saturated carbocycles. The highest BCUT2D eigenvalue weighted by Gasteiger charge is 2.19. The van der Waals surface area contributed by atoms with E-state index >= 15 is 0 Å². The summed E-state index contributed by atoms with van der Waals surface area (Å²) in [7, 11) is -4.90. The number of nitrogens with zero attached hydrogens (tertiary/aromatic N) is 1. The zero-order valence-electron chi connectivity index (χ0n) is 10.5. The summed E-state index contributed by atoms with van der Waals surface area (Å²) in [6, 6.07) is 10.1. The molecule has 7 heteroatoms. The van der Waals surface area contributed by atoms with Gasteiger partial charge in [-0.25, -0.2) is 4.98 Å². The lowest BCUT2D eigenvalue weighted by Gasteiger charge is -2.08. The van der Waals surface area contributed by atoms with Crippen LogP contribution in [0.25, 0.3) is 0 Å². The number of nitrogens with one attached hydrogen (secondary N) is 1. The van der Waals surface area contributed by atoms with Crippen molar-refractivity contribution in [1.29, 1.82) is 0 Å². The SMILES string of the molecule is Cc1cccc(C(=O)Nc2ccccc2S(=O)(=O)F)n1. The Balaban J connectivity index is 2.34. The summed E-state index contributed by atoms with van der Waals surface area (Å²) in [6.45, 7) is 1.72. The summed E-state index contributed by atoms with van der Waals surface area (Å²) in [6.07, 6.45) is 0. The maximum absolute atomic E-state index is 13.1. The van der Waals surface area contributed by atoms with Gasteiger partial charge in [-0.3, -0.25) is 4.79 Å². The van der Waals surface area contributed by atoms with Crippen LogP contribution in [-0.2, 0) is 10.2 Å². The first-order chi connectivity index (χ1) is 9.38. The molecule has 5 nitrogen and oxygen atoms in total. The monoisotopic (exact) mass is 294 g/mol. The zero-order valence-corrected chi connectivity index (χ0v) is 11.3. The Morgan fingerprint density at radius 3 is 2.50 bits per heavy atom. The molecule has 2 rings (SSSR count). The number of benzene rings is 1. The van der Waals surface area contributed by atoms with Crippen molar-refractivity contribution in [3.05, 3.63) is 53.9 Å². The summed E-state index contributed by atoms with van der Waals surface area (Å²) in [5.41, 5.74) is 0.642. The van der Waals surface area contributed by atoms with Crippen LogP contribution in [-0.4, -0.2) is 19.3 Å². The first-order valence-corrected chi connectivity index (χ1v) is 7.05. The standard InChI is InChI=1S/C13H11FN2O3S/c1-9-5-4-7-11(15-9)13(17)16-10-6-2-3-8-12(10)20(14,18)19/h2-8H,1H3,(H,16,17). The fourth-order valence-electron chi connectivity index (χ4n) is 1.64. The third-order valence-corrected chi connectivity index (χ3v) is 3.40. The van der Waals surface area contributed by atoms with Crippen LogP contribution in [0.5, 0.6) is 0 Å². The summed E-state index contributed by atoms with van der Waals surface area (Å²) in [5.74, 6) is -0.607. The highest BCUT2D eigenvalue weighted by Crippen LogP contribution is 2.23. The van der Waals surface area contributed by atoms with Gasteiger partial charge in [0.15, 0.2) is 0 Å². The van der Waals surface area contributed by atoms with Gasteiger partial charge in [0.25, 0.3) is 5.91 Å². The maximum atomic E-state index is 13.1. The zero-order chi connectivity index (χ0) is 14.8. The molecule has 1 aromatic carbocycles. The van der Waals surface area contributed by atoms with Crippen LogP contribution in [0, 0.1) is 6.92 Å². The first-order valence-electron chi connectivity index (χ1n) is 5.66. The molecule has 1 aromatic heterocycles. The van der Waals surface area contributed by atoms with E-state index in [-0.39, 0.29) is 11.4 Å². The third-order valence-electron chi connectivity index (χ3n) is 2.52. The lowest BCUT2D eigenvalue weighted by Crippen LogP contribution is -2.15. The Kier molecular flexibility index (Phi) is 3.80. The quantitative estimate of drug-likeness (QED) is 0.881. The molecular formula is C13H11FN2O3S. The van der Waals surface area contributed by atoms with Crippen molar-refractivity contribution in [3.8, 4) is 0 Å². The molecule has 2 aromatic rings. The minimum Gasteiger partial charge on any atom is -0.319 e. The number of hydrogen-bond donors (Lipinski definition) is 1. The van der Waals surface area contributed by atoms with Crippen LogP contribution in [0.1, 0.15) is 16.2 Å². The molecule has 0 aliphatic carbocycles. The molecule has 0 unspecified atom stereocenters. The summed E-state index contributed by atoms with van der Waals surface area (Å²) in [4.78, 5) is 15.4. The fraction of sp³-hybridized carbons (Fsp3) is 0.0769. The van der Waals surface area contributed by atoms with E-state index in [0.717, 1.165) is 6.07 Å². The number of hydrogen-bond acceptors (Lipinski definition) is 4. The van der Waals surface area contributed by atoms with Gasteiger partial charge in [0.05, 0.1) is 5.69 Å². The molecule has 1 amide bonds. The van der Waals surface area contributed by atoms with E-state index in [9.17, 15) is 17.1 Å². The highest BCUT2D eigenvalue weighted by atomic mass is 32.3. The van der Waals surface area contributed by atoms with E-state index in [1.807, 2.05) is 0 Å². The molecule has 0 aliphatic rings. The van der Waals surface area contributed by atoms with Crippen LogP contribution in [0.15, 0.2) is 47.4 Å². The second-order valence-corrected chi connectivity index (χ2v) is 5.37. The van der Waals surface area contributed by atoms with Gasteiger partial charge in [-0.1, -0.05) is 18.2 Å². The van der Waals surface area contributed by atoms with Crippen molar-refractivity contribution < 1.29 is 17.1 Å². The number of anilines is 1. The molecule has 104 valence electrons. The van der Waals surface area contributed by atoms with Gasteiger partial charge in [-0.15, -0.1) is 3.89 Å². The molecule has 1 heterocycles. The van der Waals surface area contributed by atoms with E-state index in [1.165, 1.54) is 24.3 Å². The van der Waals surface area contributed by atoms with Gasteiger partial charge in [0, 0.05) is 5.69 Å². The molecule has 0 saturated heterocycles. The van der Waals surface area contributed by atoms with Crippen molar-refractivity contribution >= 4 is 21.8 Å². The van der Waals surface area contributed by atoms with Crippen LogP contribution in [0.4, 0.5) is 9.57 Å². The minimum atomic E-state index is -4.90. The number of halogens is 1. The average Bonchev–Trinajstić information content (AvgIpc) is 2.38. The molecule has 0 bridgehead atoms. The van der Waals surface area contributed by atoms with Crippen molar-refractivity contribution in [2.75, 3.05) is 5.32 Å². The molecule has 0 atom stereocenters. The molecule has 20 heavy (non-hydrogen) atoms. The maximum Gasteiger partial charge on any atom is 0.334 e. The number of pyridine rings is 1. The van der Waals surface area contributed by atoms with Gasteiger partial charge < -0.3 is 5.32 Å². The number of aryl methyl sites for hydroxylation is 1. The molecule has 0 spiro atoms. The number of amides is 1. The van der Waals surface area contributed by atoms with Gasteiger partial charge >= 0.3 is 10.2 Å². The van der Waals surface area contributed by atoms with E-state index in [4.69, 9.17) is 0 Å². The van der Waals surface area contributed by atoms with Crippen LogP contribution in [0.2, 0.25) is 0 Å². The summed E-state index contributed by atoms with van der Waals surface area (Å²) >= 11 is 0. The molecule has 0 aliphatic heterocycles. The topological polar surface area (TPSA) is 76.1 Å². The van der Waals surface area contributed by atoms with Gasteiger partial charge in [0.1, 0.15) is 10.6 Å².